The lowest BCUT2D eigenvalue weighted by atomic mass is 10.4. The van der Waals surface area contributed by atoms with Crippen LogP contribution in [0.15, 0.2) is 16.3 Å². The fourth-order valence-corrected chi connectivity index (χ4v) is 2.32. The number of thiazole rings is 1. The van der Waals surface area contributed by atoms with E-state index in [4.69, 9.17) is 0 Å². The summed E-state index contributed by atoms with van der Waals surface area (Å²) in [5.41, 5.74) is 2.19. The molecule has 0 aromatic carbocycles. The second-order valence-electron chi connectivity index (χ2n) is 2.74. The molecule has 2 aromatic rings. The minimum atomic E-state index is 0.873. The molecule has 0 unspecified atom stereocenters. The molecule has 0 aliphatic rings. The summed E-state index contributed by atoms with van der Waals surface area (Å²) in [5, 5.41) is 2.91. The standard InChI is InChI=1S/C8H8BrN3S/c1-5-6(2)12(4-10-5)8-11-7(9)3-13-8/h3-4H,1-2H3. The van der Waals surface area contributed by atoms with Crippen LogP contribution in [0, 0.1) is 13.8 Å². The van der Waals surface area contributed by atoms with Gasteiger partial charge < -0.3 is 0 Å². The van der Waals surface area contributed by atoms with E-state index in [1.165, 1.54) is 0 Å². The van der Waals surface area contributed by atoms with Gasteiger partial charge in [-0.25, -0.2) is 9.97 Å². The van der Waals surface area contributed by atoms with Gasteiger partial charge in [0.05, 0.1) is 5.69 Å². The van der Waals surface area contributed by atoms with Crippen molar-refractivity contribution in [2.24, 2.45) is 0 Å². The van der Waals surface area contributed by atoms with Crippen LogP contribution in [-0.2, 0) is 0 Å². The van der Waals surface area contributed by atoms with E-state index in [0.29, 0.717) is 0 Å². The Balaban J connectivity index is 2.52. The molecule has 0 radical (unpaired) electrons. The second-order valence-corrected chi connectivity index (χ2v) is 4.39. The van der Waals surface area contributed by atoms with Crippen LogP contribution in [0.4, 0.5) is 0 Å². The minimum absolute atomic E-state index is 0.873. The van der Waals surface area contributed by atoms with E-state index in [2.05, 4.69) is 25.9 Å². The zero-order valence-electron chi connectivity index (χ0n) is 7.28. The first-order valence-corrected chi connectivity index (χ1v) is 5.47. The van der Waals surface area contributed by atoms with Crippen LogP contribution in [0.3, 0.4) is 0 Å². The number of nitrogens with zero attached hydrogens (tertiary/aromatic N) is 3. The molecule has 0 saturated heterocycles. The van der Waals surface area contributed by atoms with Crippen LogP contribution in [0.1, 0.15) is 11.4 Å². The molecule has 68 valence electrons. The second kappa shape index (κ2) is 3.23. The van der Waals surface area contributed by atoms with Gasteiger partial charge in [-0.3, -0.25) is 4.57 Å². The molecular formula is C8H8BrN3S. The van der Waals surface area contributed by atoms with Crippen molar-refractivity contribution < 1.29 is 0 Å². The lowest BCUT2D eigenvalue weighted by Gasteiger charge is -1.98. The highest BCUT2D eigenvalue weighted by molar-refractivity contribution is 9.10. The third kappa shape index (κ3) is 1.53. The number of halogens is 1. The van der Waals surface area contributed by atoms with Crippen molar-refractivity contribution in [3.8, 4) is 5.13 Å². The van der Waals surface area contributed by atoms with Crippen LogP contribution in [0.5, 0.6) is 0 Å². The van der Waals surface area contributed by atoms with Crippen molar-refractivity contribution >= 4 is 27.3 Å². The van der Waals surface area contributed by atoms with Gasteiger partial charge in [0.25, 0.3) is 0 Å². The van der Waals surface area contributed by atoms with E-state index >= 15 is 0 Å². The third-order valence-electron chi connectivity index (χ3n) is 1.92. The monoisotopic (exact) mass is 257 g/mol. The van der Waals surface area contributed by atoms with Crippen LogP contribution in [0.25, 0.3) is 5.13 Å². The maximum atomic E-state index is 4.31. The molecule has 0 bridgehead atoms. The summed E-state index contributed by atoms with van der Waals surface area (Å²) in [7, 11) is 0. The van der Waals surface area contributed by atoms with Gasteiger partial charge in [-0.15, -0.1) is 11.3 Å². The Morgan fingerprint density at radius 2 is 2.23 bits per heavy atom. The lowest BCUT2D eigenvalue weighted by molar-refractivity contribution is 0.978. The topological polar surface area (TPSA) is 30.7 Å². The van der Waals surface area contributed by atoms with E-state index in [0.717, 1.165) is 21.1 Å². The molecule has 2 aromatic heterocycles. The molecule has 2 heterocycles. The number of imidazole rings is 1. The summed E-state index contributed by atoms with van der Waals surface area (Å²) in [6.45, 7) is 4.03. The van der Waals surface area contributed by atoms with Crippen molar-refractivity contribution in [3.63, 3.8) is 0 Å². The van der Waals surface area contributed by atoms with Gasteiger partial charge in [0.15, 0.2) is 5.13 Å². The normalized spacial score (nSPS) is 10.7. The first-order chi connectivity index (χ1) is 6.18. The molecule has 0 fully saturated rings. The van der Waals surface area contributed by atoms with Gasteiger partial charge >= 0.3 is 0 Å². The van der Waals surface area contributed by atoms with Crippen molar-refractivity contribution in [1.29, 1.82) is 0 Å². The average Bonchev–Trinajstić information content (AvgIpc) is 2.62. The first kappa shape index (κ1) is 8.90. The maximum Gasteiger partial charge on any atom is 0.196 e. The lowest BCUT2D eigenvalue weighted by Crippen LogP contribution is -1.93. The fourth-order valence-electron chi connectivity index (χ4n) is 1.05. The Kier molecular flexibility index (Phi) is 2.21. The van der Waals surface area contributed by atoms with Gasteiger partial charge in [0.2, 0.25) is 0 Å². The molecule has 0 N–H and O–H groups in total. The Morgan fingerprint density at radius 3 is 2.69 bits per heavy atom. The highest BCUT2D eigenvalue weighted by Crippen LogP contribution is 2.20. The number of rotatable bonds is 1. The Morgan fingerprint density at radius 1 is 1.46 bits per heavy atom. The fraction of sp³-hybridized carbons (Fsp3) is 0.250. The molecule has 5 heteroatoms. The first-order valence-electron chi connectivity index (χ1n) is 3.80. The smallest absolute Gasteiger partial charge is 0.196 e. The minimum Gasteiger partial charge on any atom is -0.279 e. The van der Waals surface area contributed by atoms with E-state index in [9.17, 15) is 0 Å². The van der Waals surface area contributed by atoms with E-state index in [1.54, 1.807) is 17.7 Å². The van der Waals surface area contributed by atoms with Gasteiger partial charge in [-0.2, -0.15) is 0 Å². The van der Waals surface area contributed by atoms with Crippen molar-refractivity contribution in [2.45, 2.75) is 13.8 Å². The zero-order valence-corrected chi connectivity index (χ0v) is 9.69. The quantitative estimate of drug-likeness (QED) is 0.787. The SMILES string of the molecule is Cc1ncn(-c2nc(Br)cs2)c1C. The third-order valence-corrected chi connectivity index (χ3v) is 3.47. The summed E-state index contributed by atoms with van der Waals surface area (Å²) in [6, 6.07) is 0. The number of hydrogen-bond donors (Lipinski definition) is 0. The van der Waals surface area contributed by atoms with Gasteiger partial charge in [-0.1, -0.05) is 0 Å². The van der Waals surface area contributed by atoms with Crippen LogP contribution in [-0.4, -0.2) is 14.5 Å². The molecule has 0 amide bonds. The van der Waals surface area contributed by atoms with E-state index < -0.39 is 0 Å². The number of aromatic nitrogens is 3. The van der Waals surface area contributed by atoms with Gasteiger partial charge in [-0.05, 0) is 29.8 Å². The summed E-state index contributed by atoms with van der Waals surface area (Å²) in [5.74, 6) is 0. The van der Waals surface area contributed by atoms with Crippen molar-refractivity contribution in [1.82, 2.24) is 14.5 Å². The highest BCUT2D eigenvalue weighted by Gasteiger charge is 2.06. The Hall–Kier alpha value is -0.680. The van der Waals surface area contributed by atoms with E-state index in [1.807, 2.05) is 23.8 Å². The predicted octanol–water partition coefficient (Wildman–Crippen LogP) is 2.71. The van der Waals surface area contributed by atoms with E-state index in [-0.39, 0.29) is 0 Å². The van der Waals surface area contributed by atoms with Crippen molar-refractivity contribution in [2.75, 3.05) is 0 Å². The largest absolute Gasteiger partial charge is 0.279 e. The molecule has 0 aliphatic carbocycles. The van der Waals surface area contributed by atoms with Gasteiger partial charge in [0.1, 0.15) is 10.9 Å². The maximum absolute atomic E-state index is 4.31. The molecule has 0 atom stereocenters. The summed E-state index contributed by atoms with van der Waals surface area (Å²) < 4.78 is 2.86. The van der Waals surface area contributed by atoms with Crippen LogP contribution >= 0.6 is 27.3 Å². The molecule has 0 saturated carbocycles. The average molecular weight is 258 g/mol. The van der Waals surface area contributed by atoms with Crippen LogP contribution in [0.2, 0.25) is 0 Å². The zero-order chi connectivity index (χ0) is 9.42. The molecule has 0 spiro atoms. The molecule has 2 rings (SSSR count). The summed E-state index contributed by atoms with van der Waals surface area (Å²) in [6.07, 6.45) is 1.80. The molecule has 0 aliphatic heterocycles. The van der Waals surface area contributed by atoms with Crippen LogP contribution < -0.4 is 0 Å². The van der Waals surface area contributed by atoms with Gasteiger partial charge in [0, 0.05) is 11.1 Å². The molecular weight excluding hydrogens is 250 g/mol. The predicted molar refractivity (Wildman–Crippen MR) is 56.4 cm³/mol. The highest BCUT2D eigenvalue weighted by atomic mass is 79.9. The van der Waals surface area contributed by atoms with Crippen molar-refractivity contribution in [3.05, 3.63) is 27.7 Å². The Bertz CT molecular complexity index is 432. The number of aryl methyl sites for hydroxylation is 1. The molecule has 13 heavy (non-hydrogen) atoms. The molecule has 3 nitrogen and oxygen atoms in total. The Labute approximate surface area is 88.6 Å². The summed E-state index contributed by atoms with van der Waals surface area (Å²) in [4.78, 5) is 8.53. The summed E-state index contributed by atoms with van der Waals surface area (Å²) >= 11 is 4.92. The number of hydrogen-bond acceptors (Lipinski definition) is 3.